The molecule has 2 aliphatic heterocycles. The number of pyridine rings is 1. The molecule has 2 aliphatic rings. The summed E-state index contributed by atoms with van der Waals surface area (Å²) >= 11 is 0. The van der Waals surface area contributed by atoms with E-state index in [-0.39, 0.29) is 16.1 Å². The Morgan fingerprint density at radius 2 is 1.81 bits per heavy atom. The largest absolute Gasteiger partial charge is 0.491 e. The van der Waals surface area contributed by atoms with Crippen LogP contribution in [0, 0.1) is 0 Å². The highest BCUT2D eigenvalue weighted by atomic mass is 19.4. The molecule has 0 fully saturated rings. The molecule has 4 heterocycles. The Kier molecular flexibility index (Phi) is 3.87. The number of imidazole rings is 1. The van der Waals surface area contributed by atoms with E-state index in [9.17, 15) is 18.0 Å². The minimum Gasteiger partial charge on any atom is -0.305 e. The molecule has 0 atom stereocenters. The molecule has 0 amide bonds. The van der Waals surface area contributed by atoms with Crippen molar-refractivity contribution in [1.29, 1.82) is 0 Å². The maximum atomic E-state index is 12.3. The van der Waals surface area contributed by atoms with Gasteiger partial charge in [-0.25, -0.2) is 19.3 Å². The van der Waals surface area contributed by atoms with Crippen LogP contribution in [-0.4, -0.2) is 29.5 Å². The first-order chi connectivity index (χ1) is 12.9. The summed E-state index contributed by atoms with van der Waals surface area (Å²) in [6, 6.07) is 9.18. The molecule has 0 spiro atoms. The maximum absolute atomic E-state index is 12.3. The average Bonchev–Trinajstić information content (AvgIpc) is 3.26. The van der Waals surface area contributed by atoms with Gasteiger partial charge in [-0.05, 0) is 12.1 Å². The Labute approximate surface area is 148 Å². The van der Waals surface area contributed by atoms with Crippen LogP contribution >= 0.6 is 0 Å². The van der Waals surface area contributed by atoms with Crippen molar-refractivity contribution < 1.29 is 13.2 Å². The van der Waals surface area contributed by atoms with Gasteiger partial charge in [0.1, 0.15) is 12.2 Å². The van der Waals surface area contributed by atoms with Gasteiger partial charge in [0.25, 0.3) is 0 Å². The standard InChI is InChI=1S/C10H7N3O.C7H4F3N3/c14-10-12-8-5-11-7-4-2-1-3-6(7)9(8)13-10;8-7(9,10)13-4-11-3-5-1-2-12-6(5)13/h1-5H,(H2,12,13,14);1-4H. The van der Waals surface area contributed by atoms with Crippen molar-refractivity contribution in [3.05, 3.63) is 65.7 Å². The molecular weight excluding hydrogens is 361 g/mol. The smallest absolute Gasteiger partial charge is 0.305 e. The molecule has 0 unspecified atom stereocenters. The molecular formula is C17H11F3N6O. The Bertz CT molecular complexity index is 1250. The van der Waals surface area contributed by atoms with E-state index in [1.165, 1.54) is 18.5 Å². The molecule has 2 aromatic heterocycles. The number of aromatic amines is 2. The fourth-order valence-corrected chi connectivity index (χ4v) is 2.70. The van der Waals surface area contributed by atoms with Gasteiger partial charge < -0.3 is 9.97 Å². The van der Waals surface area contributed by atoms with Crippen molar-refractivity contribution in [2.45, 2.75) is 6.30 Å². The minimum atomic E-state index is -4.46. The predicted molar refractivity (Wildman–Crippen MR) is 92.2 cm³/mol. The van der Waals surface area contributed by atoms with Crippen molar-refractivity contribution in [2.24, 2.45) is 0 Å². The van der Waals surface area contributed by atoms with Gasteiger partial charge in [0.15, 0.2) is 0 Å². The van der Waals surface area contributed by atoms with Crippen LogP contribution in [0.2, 0.25) is 0 Å². The summed E-state index contributed by atoms with van der Waals surface area (Å²) in [5.74, 6) is -0.123. The predicted octanol–water partition coefficient (Wildman–Crippen LogP) is 3.26. The van der Waals surface area contributed by atoms with Gasteiger partial charge in [-0.3, -0.25) is 4.98 Å². The van der Waals surface area contributed by atoms with Crippen molar-refractivity contribution in [3.8, 4) is 11.4 Å². The molecule has 10 heteroatoms. The fraction of sp³-hybridized carbons (Fsp3) is 0.0588. The van der Waals surface area contributed by atoms with Crippen molar-refractivity contribution >= 4 is 21.9 Å². The molecule has 27 heavy (non-hydrogen) atoms. The summed E-state index contributed by atoms with van der Waals surface area (Å²) in [6.07, 6.45) is 0.553. The number of benzene rings is 1. The van der Waals surface area contributed by atoms with Crippen LogP contribution in [0.25, 0.3) is 33.3 Å². The number of H-pyrrole nitrogens is 2. The number of hydrogen-bond acceptors (Lipinski definition) is 4. The van der Waals surface area contributed by atoms with Crippen LogP contribution in [0.15, 0.2) is 60.0 Å². The van der Waals surface area contributed by atoms with Crippen LogP contribution in [0.3, 0.4) is 0 Å². The second-order valence-corrected chi connectivity index (χ2v) is 5.60. The third-order valence-electron chi connectivity index (χ3n) is 3.87. The minimum absolute atomic E-state index is 0.0856. The van der Waals surface area contributed by atoms with Gasteiger partial charge in [-0.2, -0.15) is 0 Å². The van der Waals surface area contributed by atoms with E-state index in [0.29, 0.717) is 11.9 Å². The Morgan fingerprint density at radius 3 is 2.63 bits per heavy atom. The molecule has 0 saturated heterocycles. The number of fused-ring (bicyclic) bond motifs is 4. The van der Waals surface area contributed by atoms with E-state index < -0.39 is 6.30 Å². The number of para-hydroxylation sites is 1. The van der Waals surface area contributed by atoms with Gasteiger partial charge in [-0.15, -0.1) is 13.2 Å². The van der Waals surface area contributed by atoms with Gasteiger partial charge in [-0.1, -0.05) is 18.2 Å². The highest BCUT2D eigenvalue weighted by molar-refractivity contribution is 6.01. The first-order valence-corrected chi connectivity index (χ1v) is 7.73. The molecule has 0 radical (unpaired) electrons. The fourth-order valence-electron chi connectivity index (χ4n) is 2.70. The number of hydrogen-bond donors (Lipinski definition) is 2. The van der Waals surface area contributed by atoms with Crippen LogP contribution in [0.5, 0.6) is 0 Å². The molecule has 2 N–H and O–H groups in total. The second-order valence-electron chi connectivity index (χ2n) is 5.60. The number of aromatic nitrogens is 6. The summed E-state index contributed by atoms with van der Waals surface area (Å²) in [5.41, 5.74) is 2.63. The van der Waals surface area contributed by atoms with Crippen molar-refractivity contribution in [2.75, 3.05) is 0 Å². The summed E-state index contributed by atoms with van der Waals surface area (Å²) in [7, 11) is 0. The first kappa shape index (κ1) is 16.8. The van der Waals surface area contributed by atoms with Gasteiger partial charge in [0.05, 0.1) is 22.7 Å². The lowest BCUT2D eigenvalue weighted by molar-refractivity contribution is -0.203. The third-order valence-corrected chi connectivity index (χ3v) is 3.87. The van der Waals surface area contributed by atoms with Crippen LogP contribution in [0.4, 0.5) is 13.2 Å². The summed E-state index contributed by atoms with van der Waals surface area (Å²) in [5, 5.41) is 0.961. The topological polar surface area (TPSA) is 92.2 Å². The lowest BCUT2D eigenvalue weighted by Gasteiger charge is -2.12. The first-order valence-electron chi connectivity index (χ1n) is 7.73. The Hall–Kier alpha value is -3.69. The highest BCUT2D eigenvalue weighted by Gasteiger charge is 2.33. The van der Waals surface area contributed by atoms with E-state index in [4.69, 9.17) is 0 Å². The zero-order valence-electron chi connectivity index (χ0n) is 13.5. The van der Waals surface area contributed by atoms with Gasteiger partial charge in [0, 0.05) is 23.3 Å². The monoisotopic (exact) mass is 372 g/mol. The number of nitrogens with zero attached hydrogens (tertiary/aromatic N) is 4. The van der Waals surface area contributed by atoms with Gasteiger partial charge >= 0.3 is 12.0 Å². The Balaban J connectivity index is 0.000000134. The van der Waals surface area contributed by atoms with E-state index in [1.54, 1.807) is 6.20 Å². The zero-order chi connectivity index (χ0) is 19.0. The number of alkyl halides is 3. The van der Waals surface area contributed by atoms with Crippen LogP contribution < -0.4 is 5.69 Å². The molecule has 0 bridgehead atoms. The third kappa shape index (κ3) is 3.12. The van der Waals surface area contributed by atoms with Crippen LogP contribution in [0.1, 0.15) is 0 Å². The number of rotatable bonds is 0. The van der Waals surface area contributed by atoms with Gasteiger partial charge in [0.2, 0.25) is 0 Å². The maximum Gasteiger partial charge on any atom is 0.491 e. The van der Waals surface area contributed by atoms with E-state index >= 15 is 0 Å². The number of nitrogens with one attached hydrogen (secondary N) is 2. The normalized spacial score (nSPS) is 11.7. The van der Waals surface area contributed by atoms with Crippen molar-refractivity contribution in [3.63, 3.8) is 0 Å². The summed E-state index contributed by atoms with van der Waals surface area (Å²) < 4.78 is 36.9. The highest BCUT2D eigenvalue weighted by Crippen LogP contribution is 2.28. The SMILES string of the molecule is FC(F)(F)n1cncc2ccnc1-2.O=c1[nH]c2cnc3ccccc3c2[nH]1. The van der Waals surface area contributed by atoms with E-state index in [0.717, 1.165) is 21.9 Å². The molecule has 5 rings (SSSR count). The average molecular weight is 372 g/mol. The molecule has 7 nitrogen and oxygen atoms in total. The van der Waals surface area contributed by atoms with E-state index in [2.05, 4.69) is 24.9 Å². The van der Waals surface area contributed by atoms with E-state index in [1.807, 2.05) is 24.3 Å². The lowest BCUT2D eigenvalue weighted by Crippen LogP contribution is -2.19. The molecule has 0 saturated carbocycles. The summed E-state index contributed by atoms with van der Waals surface area (Å²) in [4.78, 5) is 27.8. The zero-order valence-corrected chi connectivity index (χ0v) is 13.5. The van der Waals surface area contributed by atoms with Crippen LogP contribution in [-0.2, 0) is 6.30 Å². The molecule has 136 valence electrons. The van der Waals surface area contributed by atoms with Crippen molar-refractivity contribution in [1.82, 2.24) is 29.5 Å². The molecule has 0 aliphatic carbocycles. The Morgan fingerprint density at radius 1 is 1.00 bits per heavy atom. The molecule has 3 aromatic rings. The quantitative estimate of drug-likeness (QED) is 0.436. The second kappa shape index (κ2) is 6.24. The number of halogens is 3. The lowest BCUT2D eigenvalue weighted by atomic mass is 10.2. The summed E-state index contributed by atoms with van der Waals surface area (Å²) in [6.45, 7) is 0. The molecule has 1 aromatic carbocycles.